The smallest absolute Gasteiger partial charge is 0.478 e. The highest BCUT2D eigenvalue weighted by molar-refractivity contribution is 5.95. The molecule has 3 aromatic rings. The van der Waals surface area contributed by atoms with Crippen molar-refractivity contribution in [3.8, 4) is 5.75 Å². The van der Waals surface area contributed by atoms with Crippen LogP contribution in [0.3, 0.4) is 0 Å². The Hall–Kier alpha value is -3.23. The lowest BCUT2D eigenvalue weighted by molar-refractivity contribution is -0.274. The van der Waals surface area contributed by atoms with Gasteiger partial charge < -0.3 is 19.7 Å². The molecule has 1 fully saturated rings. The molecule has 2 aromatic carbocycles. The maximum absolute atomic E-state index is 12.5. The monoisotopic (exact) mass is 461 g/mol. The van der Waals surface area contributed by atoms with Crippen molar-refractivity contribution in [1.82, 2.24) is 9.55 Å². The fourth-order valence-electron chi connectivity index (χ4n) is 4.68. The number of aryl methyl sites for hydroxylation is 1. The van der Waals surface area contributed by atoms with E-state index in [1.54, 1.807) is 13.0 Å². The summed E-state index contributed by atoms with van der Waals surface area (Å²) in [5.41, 5.74) is 2.93. The molecule has 0 radical (unpaired) electrons. The summed E-state index contributed by atoms with van der Waals surface area (Å²) in [6.45, 7) is 6.23. The first-order valence-corrected chi connectivity index (χ1v) is 10.8. The van der Waals surface area contributed by atoms with Crippen molar-refractivity contribution in [3.63, 3.8) is 0 Å². The SMILES string of the molecule is Cc1cc2c(cc1C(=O)O)nc(Nc1ccc(OC(F)(F)F)cc1)n2C1CCCC(C)(C)C1. The normalized spacial score (nSPS) is 18.3. The van der Waals surface area contributed by atoms with Crippen LogP contribution in [0, 0.1) is 12.3 Å². The van der Waals surface area contributed by atoms with Gasteiger partial charge in [-0.05, 0) is 73.6 Å². The molecule has 6 nitrogen and oxygen atoms in total. The number of nitrogens with zero attached hydrogens (tertiary/aromatic N) is 2. The minimum absolute atomic E-state index is 0.156. The third-order valence-corrected chi connectivity index (χ3v) is 6.15. The zero-order valence-electron chi connectivity index (χ0n) is 18.7. The van der Waals surface area contributed by atoms with Crippen molar-refractivity contribution in [2.24, 2.45) is 5.41 Å². The fourth-order valence-corrected chi connectivity index (χ4v) is 4.68. The van der Waals surface area contributed by atoms with Gasteiger partial charge in [-0.25, -0.2) is 9.78 Å². The summed E-state index contributed by atoms with van der Waals surface area (Å²) >= 11 is 0. The van der Waals surface area contributed by atoms with E-state index in [0.29, 0.717) is 22.7 Å². The summed E-state index contributed by atoms with van der Waals surface area (Å²) in [5.74, 6) is -0.797. The Kier molecular flexibility index (Phi) is 5.76. The topological polar surface area (TPSA) is 76.4 Å². The van der Waals surface area contributed by atoms with Crippen LogP contribution in [0.5, 0.6) is 5.75 Å². The number of halogens is 3. The van der Waals surface area contributed by atoms with E-state index >= 15 is 0 Å². The van der Waals surface area contributed by atoms with E-state index in [2.05, 4.69) is 33.5 Å². The molecule has 1 atom stereocenters. The first kappa shape index (κ1) is 22.9. The van der Waals surface area contributed by atoms with Crippen molar-refractivity contribution < 1.29 is 27.8 Å². The Balaban J connectivity index is 1.75. The number of anilines is 2. The van der Waals surface area contributed by atoms with Gasteiger partial charge in [0.05, 0.1) is 16.6 Å². The number of hydrogen-bond acceptors (Lipinski definition) is 4. The van der Waals surface area contributed by atoms with Crippen LogP contribution in [0.15, 0.2) is 36.4 Å². The van der Waals surface area contributed by atoms with E-state index < -0.39 is 12.3 Å². The van der Waals surface area contributed by atoms with Crippen LogP contribution in [-0.4, -0.2) is 27.0 Å². The molecule has 0 spiro atoms. The largest absolute Gasteiger partial charge is 0.573 e. The summed E-state index contributed by atoms with van der Waals surface area (Å²) in [4.78, 5) is 16.3. The molecular weight excluding hydrogens is 435 g/mol. The first-order valence-electron chi connectivity index (χ1n) is 10.8. The van der Waals surface area contributed by atoms with Gasteiger partial charge in [0.15, 0.2) is 0 Å². The number of carboxylic acid groups (broad SMARTS) is 1. The molecule has 0 saturated heterocycles. The third-order valence-electron chi connectivity index (χ3n) is 6.15. The summed E-state index contributed by atoms with van der Waals surface area (Å²) < 4.78 is 43.4. The molecule has 4 rings (SSSR count). The van der Waals surface area contributed by atoms with Crippen LogP contribution in [-0.2, 0) is 0 Å². The first-order chi connectivity index (χ1) is 15.4. The van der Waals surface area contributed by atoms with E-state index in [1.807, 2.05) is 6.07 Å². The van der Waals surface area contributed by atoms with Gasteiger partial charge in [0.1, 0.15) is 5.75 Å². The van der Waals surface area contributed by atoms with E-state index in [9.17, 15) is 23.1 Å². The average molecular weight is 461 g/mol. The van der Waals surface area contributed by atoms with Crippen LogP contribution in [0.1, 0.15) is 61.5 Å². The van der Waals surface area contributed by atoms with Gasteiger partial charge >= 0.3 is 12.3 Å². The Labute approximate surface area is 189 Å². The lowest BCUT2D eigenvalue weighted by atomic mass is 9.75. The van der Waals surface area contributed by atoms with Crippen molar-refractivity contribution in [1.29, 1.82) is 0 Å². The van der Waals surface area contributed by atoms with E-state index in [0.717, 1.165) is 31.2 Å². The molecule has 176 valence electrons. The molecule has 1 aliphatic rings. The molecular formula is C24H26F3N3O3. The lowest BCUT2D eigenvalue weighted by Gasteiger charge is -2.36. The molecule has 1 heterocycles. The fraction of sp³-hybridized carbons (Fsp3) is 0.417. The van der Waals surface area contributed by atoms with Crippen LogP contribution in [0.25, 0.3) is 11.0 Å². The Morgan fingerprint density at radius 3 is 2.55 bits per heavy atom. The highest BCUT2D eigenvalue weighted by atomic mass is 19.4. The van der Waals surface area contributed by atoms with Crippen molar-refractivity contribution in [2.45, 2.75) is 58.9 Å². The van der Waals surface area contributed by atoms with Gasteiger partial charge in [-0.1, -0.05) is 20.3 Å². The van der Waals surface area contributed by atoms with Crippen LogP contribution in [0.4, 0.5) is 24.8 Å². The van der Waals surface area contributed by atoms with Gasteiger partial charge in [-0.2, -0.15) is 0 Å². The number of alkyl halides is 3. The van der Waals surface area contributed by atoms with E-state index in [1.165, 1.54) is 24.3 Å². The number of fused-ring (bicyclic) bond motifs is 1. The summed E-state index contributed by atoms with van der Waals surface area (Å²) in [6.07, 6.45) is -0.669. The Bertz CT molecular complexity index is 1180. The number of aromatic carboxylic acids is 1. The molecule has 1 unspecified atom stereocenters. The standard InChI is InChI=1S/C24H26F3N3O3/c1-14-11-20-19(12-18(14)21(31)32)29-22(30(20)16-5-4-10-23(2,3)13-16)28-15-6-8-17(9-7-15)33-24(25,26)27/h6-9,11-12,16H,4-5,10,13H2,1-3H3,(H,28,29)(H,31,32). The zero-order chi connectivity index (χ0) is 24.0. The average Bonchev–Trinajstić information content (AvgIpc) is 3.03. The number of aromatic nitrogens is 2. The number of rotatable bonds is 5. The van der Waals surface area contributed by atoms with Crippen LogP contribution in [0.2, 0.25) is 0 Å². The number of ether oxygens (including phenoxy) is 1. The molecule has 1 aliphatic carbocycles. The predicted octanol–water partition coefficient (Wildman–Crippen LogP) is 6.83. The van der Waals surface area contributed by atoms with Gasteiger partial charge in [-0.3, -0.25) is 0 Å². The summed E-state index contributed by atoms with van der Waals surface area (Å²) in [6, 6.07) is 9.02. The minimum atomic E-state index is -4.75. The van der Waals surface area contributed by atoms with Gasteiger partial charge in [0.25, 0.3) is 0 Å². The van der Waals surface area contributed by atoms with Gasteiger partial charge in [0, 0.05) is 11.7 Å². The van der Waals surface area contributed by atoms with Gasteiger partial charge in [-0.15, -0.1) is 13.2 Å². The summed E-state index contributed by atoms with van der Waals surface area (Å²) in [7, 11) is 0. The van der Waals surface area contributed by atoms with Crippen LogP contribution >= 0.6 is 0 Å². The summed E-state index contributed by atoms with van der Waals surface area (Å²) in [5, 5.41) is 12.7. The predicted molar refractivity (Wildman–Crippen MR) is 119 cm³/mol. The molecule has 0 aliphatic heterocycles. The van der Waals surface area contributed by atoms with Crippen molar-refractivity contribution >= 4 is 28.6 Å². The second kappa shape index (κ2) is 8.28. The van der Waals surface area contributed by atoms with Crippen LogP contribution < -0.4 is 10.1 Å². The molecule has 9 heteroatoms. The van der Waals surface area contributed by atoms with Crippen molar-refractivity contribution in [3.05, 3.63) is 47.5 Å². The zero-order valence-corrected chi connectivity index (χ0v) is 18.7. The maximum Gasteiger partial charge on any atom is 0.573 e. The van der Waals surface area contributed by atoms with Gasteiger partial charge in [0.2, 0.25) is 5.95 Å². The third kappa shape index (κ3) is 5.07. The maximum atomic E-state index is 12.5. The lowest BCUT2D eigenvalue weighted by Crippen LogP contribution is -2.25. The highest BCUT2D eigenvalue weighted by Gasteiger charge is 2.32. The molecule has 0 amide bonds. The molecule has 0 bridgehead atoms. The number of hydrogen-bond donors (Lipinski definition) is 2. The van der Waals surface area contributed by atoms with E-state index in [-0.39, 0.29) is 22.8 Å². The Morgan fingerprint density at radius 1 is 1.24 bits per heavy atom. The number of nitrogens with one attached hydrogen (secondary N) is 1. The highest BCUT2D eigenvalue weighted by Crippen LogP contribution is 2.44. The molecule has 1 aromatic heterocycles. The molecule has 1 saturated carbocycles. The Morgan fingerprint density at radius 2 is 1.94 bits per heavy atom. The number of imidazole rings is 1. The second-order valence-electron chi connectivity index (χ2n) is 9.38. The molecule has 33 heavy (non-hydrogen) atoms. The number of benzene rings is 2. The van der Waals surface area contributed by atoms with Crippen molar-refractivity contribution in [2.75, 3.05) is 5.32 Å². The second-order valence-corrected chi connectivity index (χ2v) is 9.38. The minimum Gasteiger partial charge on any atom is -0.478 e. The molecule has 2 N–H and O–H groups in total. The van der Waals surface area contributed by atoms with E-state index in [4.69, 9.17) is 0 Å². The number of carbonyl (C=O) groups is 1. The number of carboxylic acids is 1. The quantitative estimate of drug-likeness (QED) is 0.436.